The van der Waals surface area contributed by atoms with Gasteiger partial charge in [-0.25, -0.2) is 0 Å². The Balaban J connectivity index is 3.13. The molecule has 0 aromatic heterocycles. The lowest BCUT2D eigenvalue weighted by atomic mass is 10.0. The van der Waals surface area contributed by atoms with Gasteiger partial charge in [-0.3, -0.25) is 0 Å². The standard InChI is InChI=1S/C35H71OS/c1-4-6-8-10-12-14-16-18-20-22-24-26-28-30-32-36-35(3)34-37-33-31-29-27-25-23-21-19-17-15-13-11-9-7-5-2/h35H,3-34H2,1-2H3. The highest BCUT2D eigenvalue weighted by Crippen LogP contribution is 2.16. The Morgan fingerprint density at radius 3 is 1.08 bits per heavy atom. The molecule has 37 heavy (non-hydrogen) atoms. The fourth-order valence-electron chi connectivity index (χ4n) is 5.21. The molecule has 0 amide bonds. The van der Waals surface area contributed by atoms with Crippen LogP contribution >= 0.6 is 11.8 Å². The topological polar surface area (TPSA) is 9.23 Å². The maximum Gasteiger partial charge on any atom is 0.0666 e. The van der Waals surface area contributed by atoms with Crippen molar-refractivity contribution in [3.05, 3.63) is 6.92 Å². The van der Waals surface area contributed by atoms with Gasteiger partial charge in [0.15, 0.2) is 0 Å². The van der Waals surface area contributed by atoms with Crippen LogP contribution in [0.3, 0.4) is 0 Å². The zero-order valence-electron chi connectivity index (χ0n) is 26.0. The maximum atomic E-state index is 5.94. The van der Waals surface area contributed by atoms with E-state index in [1.807, 2.05) is 11.8 Å². The highest BCUT2D eigenvalue weighted by Gasteiger charge is 2.03. The van der Waals surface area contributed by atoms with Crippen molar-refractivity contribution in [2.24, 2.45) is 0 Å². The summed E-state index contributed by atoms with van der Waals surface area (Å²) in [4.78, 5) is 0. The Morgan fingerprint density at radius 1 is 0.432 bits per heavy atom. The number of hydrogen-bond donors (Lipinski definition) is 0. The number of unbranched alkanes of at least 4 members (excludes halogenated alkanes) is 26. The molecule has 0 aliphatic carbocycles. The van der Waals surface area contributed by atoms with Gasteiger partial charge in [0.1, 0.15) is 0 Å². The van der Waals surface area contributed by atoms with Crippen LogP contribution in [0.1, 0.15) is 194 Å². The first-order valence-electron chi connectivity index (χ1n) is 17.3. The van der Waals surface area contributed by atoms with E-state index < -0.39 is 0 Å². The normalized spacial score (nSPS) is 12.4. The van der Waals surface area contributed by atoms with Crippen LogP contribution < -0.4 is 0 Å². The van der Waals surface area contributed by atoms with Crippen molar-refractivity contribution >= 4 is 11.8 Å². The first-order valence-corrected chi connectivity index (χ1v) is 18.5. The van der Waals surface area contributed by atoms with Gasteiger partial charge in [-0.2, -0.15) is 11.8 Å². The quantitative estimate of drug-likeness (QED) is 0.0767. The lowest BCUT2D eigenvalue weighted by Crippen LogP contribution is -2.13. The molecule has 1 unspecified atom stereocenters. The summed E-state index contributed by atoms with van der Waals surface area (Å²) in [7, 11) is 0. The van der Waals surface area contributed by atoms with Gasteiger partial charge in [0.25, 0.3) is 0 Å². The first kappa shape index (κ1) is 37.3. The van der Waals surface area contributed by atoms with Gasteiger partial charge < -0.3 is 4.74 Å². The van der Waals surface area contributed by atoms with Crippen LogP contribution in [0.5, 0.6) is 0 Å². The third kappa shape index (κ3) is 34.3. The minimum atomic E-state index is 0.179. The molecule has 0 saturated heterocycles. The maximum absolute atomic E-state index is 5.94. The molecule has 0 aliphatic rings. The third-order valence-electron chi connectivity index (χ3n) is 7.80. The molecule has 2 heteroatoms. The number of rotatable bonds is 33. The summed E-state index contributed by atoms with van der Waals surface area (Å²) in [5.41, 5.74) is 0. The van der Waals surface area contributed by atoms with E-state index in [0.29, 0.717) is 0 Å². The van der Waals surface area contributed by atoms with Crippen LogP contribution in [0.2, 0.25) is 0 Å². The molecule has 1 radical (unpaired) electrons. The van der Waals surface area contributed by atoms with Crippen LogP contribution in [0.4, 0.5) is 0 Å². The smallest absolute Gasteiger partial charge is 0.0666 e. The van der Waals surface area contributed by atoms with Gasteiger partial charge in [0.2, 0.25) is 0 Å². The molecule has 0 heterocycles. The van der Waals surface area contributed by atoms with Gasteiger partial charge in [-0.05, 0) is 25.5 Å². The second kappa shape index (κ2) is 34.3. The Bertz CT molecular complexity index is 385. The van der Waals surface area contributed by atoms with E-state index in [4.69, 9.17) is 4.74 Å². The van der Waals surface area contributed by atoms with Crippen molar-refractivity contribution in [3.8, 4) is 0 Å². The monoisotopic (exact) mass is 540 g/mol. The second-order valence-electron chi connectivity index (χ2n) is 11.8. The zero-order chi connectivity index (χ0) is 26.9. The summed E-state index contributed by atoms with van der Waals surface area (Å²) in [6.07, 6.45) is 40.1. The van der Waals surface area contributed by atoms with Crippen LogP contribution in [0.25, 0.3) is 0 Å². The fourth-order valence-corrected chi connectivity index (χ4v) is 6.14. The SMILES string of the molecule is [CH2]C(CSCCCCCCCCCCCCCCCC)OCCCCCCCCCCCCCCCC. The van der Waals surface area contributed by atoms with Crippen LogP contribution in [-0.2, 0) is 4.74 Å². The van der Waals surface area contributed by atoms with Crippen molar-refractivity contribution in [1.82, 2.24) is 0 Å². The van der Waals surface area contributed by atoms with Gasteiger partial charge in [0, 0.05) is 12.4 Å². The van der Waals surface area contributed by atoms with E-state index >= 15 is 0 Å². The average molecular weight is 540 g/mol. The molecule has 1 nitrogen and oxygen atoms in total. The third-order valence-corrected chi connectivity index (χ3v) is 8.98. The highest BCUT2D eigenvalue weighted by atomic mass is 32.2. The number of thioether (sulfide) groups is 1. The van der Waals surface area contributed by atoms with Gasteiger partial charge in [-0.15, -0.1) is 0 Å². The Morgan fingerprint density at radius 2 is 0.730 bits per heavy atom. The summed E-state index contributed by atoms with van der Waals surface area (Å²) in [6.45, 7) is 9.71. The van der Waals surface area contributed by atoms with Crippen molar-refractivity contribution in [2.45, 2.75) is 200 Å². The van der Waals surface area contributed by atoms with E-state index in [2.05, 4.69) is 20.8 Å². The van der Waals surface area contributed by atoms with Crippen LogP contribution in [-0.4, -0.2) is 24.2 Å². The minimum Gasteiger partial charge on any atom is -0.377 e. The van der Waals surface area contributed by atoms with Gasteiger partial charge >= 0.3 is 0 Å². The Labute approximate surface area is 240 Å². The molecule has 0 spiro atoms. The van der Waals surface area contributed by atoms with E-state index in [0.717, 1.165) is 12.4 Å². The molecule has 0 saturated carbocycles. The molecule has 223 valence electrons. The molecule has 0 N–H and O–H groups in total. The Kier molecular flexibility index (Phi) is 34.6. The van der Waals surface area contributed by atoms with Crippen molar-refractivity contribution in [3.63, 3.8) is 0 Å². The van der Waals surface area contributed by atoms with Gasteiger partial charge in [-0.1, -0.05) is 181 Å². The molecular formula is C35H71OS. The molecule has 0 bridgehead atoms. The predicted octanol–water partition coefficient (Wildman–Crippen LogP) is 12.9. The zero-order valence-corrected chi connectivity index (χ0v) is 26.8. The fraction of sp³-hybridized carbons (Fsp3) is 0.971. The lowest BCUT2D eigenvalue weighted by Gasteiger charge is -2.12. The van der Waals surface area contributed by atoms with Crippen LogP contribution in [0, 0.1) is 6.92 Å². The summed E-state index contributed by atoms with van der Waals surface area (Å²) in [5, 5.41) is 0. The second-order valence-corrected chi connectivity index (χ2v) is 12.9. The van der Waals surface area contributed by atoms with E-state index in [9.17, 15) is 0 Å². The average Bonchev–Trinajstić information content (AvgIpc) is 2.90. The largest absolute Gasteiger partial charge is 0.377 e. The molecular weight excluding hydrogens is 468 g/mol. The van der Waals surface area contributed by atoms with Crippen molar-refractivity contribution < 1.29 is 4.74 Å². The minimum absolute atomic E-state index is 0.179. The summed E-state index contributed by atoms with van der Waals surface area (Å²) >= 11 is 2.05. The molecule has 0 rings (SSSR count). The van der Waals surface area contributed by atoms with Gasteiger partial charge in [0.05, 0.1) is 6.10 Å². The van der Waals surface area contributed by atoms with Crippen molar-refractivity contribution in [1.29, 1.82) is 0 Å². The van der Waals surface area contributed by atoms with E-state index in [1.165, 1.54) is 186 Å². The number of hydrogen-bond acceptors (Lipinski definition) is 2. The molecule has 0 aromatic rings. The Hall–Kier alpha value is 0.310. The molecule has 0 aromatic carbocycles. The molecule has 0 fully saturated rings. The van der Waals surface area contributed by atoms with E-state index in [1.54, 1.807) is 0 Å². The molecule has 0 aliphatic heterocycles. The highest BCUT2D eigenvalue weighted by molar-refractivity contribution is 7.99. The summed E-state index contributed by atoms with van der Waals surface area (Å²) in [6, 6.07) is 0. The predicted molar refractivity (Wildman–Crippen MR) is 173 cm³/mol. The summed E-state index contributed by atoms with van der Waals surface area (Å²) < 4.78 is 5.94. The van der Waals surface area contributed by atoms with Crippen molar-refractivity contribution in [2.75, 3.05) is 18.1 Å². The number of ether oxygens (including phenoxy) is 1. The summed E-state index contributed by atoms with van der Waals surface area (Å²) in [5.74, 6) is 2.35. The van der Waals surface area contributed by atoms with E-state index in [-0.39, 0.29) is 6.10 Å². The lowest BCUT2D eigenvalue weighted by molar-refractivity contribution is 0.0950. The molecule has 1 atom stereocenters. The first-order chi connectivity index (χ1) is 18.3. The van der Waals surface area contributed by atoms with Crippen LogP contribution in [0.15, 0.2) is 0 Å².